The maximum atomic E-state index is 13.8. The fraction of sp³-hybridized carbons (Fsp3) is 0.538. The predicted octanol–water partition coefficient (Wildman–Crippen LogP) is 1.27. The van der Waals surface area contributed by atoms with Crippen LogP contribution in [0.1, 0.15) is 25.3 Å². The van der Waals surface area contributed by atoms with Gasteiger partial charge in [-0.2, -0.15) is 0 Å². The van der Waals surface area contributed by atoms with Crippen molar-refractivity contribution >= 4 is 10.0 Å². The van der Waals surface area contributed by atoms with Crippen molar-refractivity contribution in [3.8, 4) is 0 Å². The standard InChI is InChI=1S/C13H18F2N2O3S/c1-8(11-3-2-4-20-11)17-21(18,19)12-6-9(7-16)5-10(14)13(12)15/h5-6,8,11,17H,2-4,7,16H2,1H3. The summed E-state index contributed by atoms with van der Waals surface area (Å²) in [6.07, 6.45) is 1.32. The van der Waals surface area contributed by atoms with E-state index in [2.05, 4.69) is 4.72 Å². The van der Waals surface area contributed by atoms with Gasteiger partial charge in [0.05, 0.1) is 6.10 Å². The highest BCUT2D eigenvalue weighted by Gasteiger charge is 2.29. The Morgan fingerprint density at radius 2 is 2.19 bits per heavy atom. The first-order valence-electron chi connectivity index (χ1n) is 6.67. The minimum atomic E-state index is -4.18. The average molecular weight is 320 g/mol. The molecule has 1 aliphatic rings. The van der Waals surface area contributed by atoms with Gasteiger partial charge in [0.1, 0.15) is 4.90 Å². The summed E-state index contributed by atoms with van der Waals surface area (Å²) in [4.78, 5) is -0.729. The summed E-state index contributed by atoms with van der Waals surface area (Å²) in [6, 6.07) is 1.40. The van der Waals surface area contributed by atoms with Crippen LogP contribution < -0.4 is 10.5 Å². The Kier molecular flexibility index (Phi) is 4.92. The molecule has 1 heterocycles. The van der Waals surface area contributed by atoms with Gasteiger partial charge in [-0.1, -0.05) is 0 Å². The highest BCUT2D eigenvalue weighted by atomic mass is 32.2. The summed E-state index contributed by atoms with van der Waals surface area (Å²) in [6.45, 7) is 2.12. The molecule has 2 atom stereocenters. The normalized spacial score (nSPS) is 20.7. The molecule has 2 unspecified atom stereocenters. The smallest absolute Gasteiger partial charge is 0.243 e. The van der Waals surface area contributed by atoms with E-state index in [0.717, 1.165) is 25.0 Å². The summed E-state index contributed by atoms with van der Waals surface area (Å²) in [5.74, 6) is -2.64. The quantitative estimate of drug-likeness (QED) is 0.856. The van der Waals surface area contributed by atoms with Crippen molar-refractivity contribution in [2.45, 2.75) is 43.4 Å². The van der Waals surface area contributed by atoms with Crippen LogP contribution in [0.3, 0.4) is 0 Å². The van der Waals surface area contributed by atoms with E-state index in [1.54, 1.807) is 6.92 Å². The molecule has 1 aliphatic heterocycles. The van der Waals surface area contributed by atoms with Crippen molar-refractivity contribution in [1.29, 1.82) is 0 Å². The molecule has 5 nitrogen and oxygen atoms in total. The van der Waals surface area contributed by atoms with E-state index in [9.17, 15) is 17.2 Å². The second kappa shape index (κ2) is 6.35. The maximum absolute atomic E-state index is 13.8. The molecule has 118 valence electrons. The SMILES string of the molecule is CC(NS(=O)(=O)c1cc(CN)cc(F)c1F)C1CCCO1. The molecule has 1 saturated heterocycles. The number of ether oxygens (including phenoxy) is 1. The van der Waals surface area contributed by atoms with Gasteiger partial charge < -0.3 is 10.5 Å². The van der Waals surface area contributed by atoms with Crippen LogP contribution in [-0.2, 0) is 21.3 Å². The third kappa shape index (κ3) is 3.57. The van der Waals surface area contributed by atoms with E-state index in [1.807, 2.05) is 0 Å². The number of hydrogen-bond acceptors (Lipinski definition) is 4. The average Bonchev–Trinajstić information content (AvgIpc) is 2.95. The van der Waals surface area contributed by atoms with Crippen molar-refractivity contribution in [1.82, 2.24) is 4.72 Å². The molecular formula is C13H18F2N2O3S. The monoisotopic (exact) mass is 320 g/mol. The topological polar surface area (TPSA) is 81.4 Å². The molecule has 3 N–H and O–H groups in total. The lowest BCUT2D eigenvalue weighted by Crippen LogP contribution is -2.41. The van der Waals surface area contributed by atoms with Gasteiger partial charge in [-0.3, -0.25) is 0 Å². The van der Waals surface area contributed by atoms with Crippen LogP contribution in [0.25, 0.3) is 0 Å². The second-order valence-electron chi connectivity index (χ2n) is 5.06. The summed E-state index contributed by atoms with van der Waals surface area (Å²) in [7, 11) is -4.18. The Labute approximate surface area is 122 Å². The zero-order valence-electron chi connectivity index (χ0n) is 11.6. The first-order chi connectivity index (χ1) is 9.85. The maximum Gasteiger partial charge on any atom is 0.243 e. The molecule has 0 aliphatic carbocycles. The zero-order valence-corrected chi connectivity index (χ0v) is 12.4. The van der Waals surface area contributed by atoms with Gasteiger partial charge in [-0.15, -0.1) is 0 Å². The van der Waals surface area contributed by atoms with Crippen LogP contribution in [-0.4, -0.2) is 27.2 Å². The molecule has 2 rings (SSSR count). The Bertz CT molecular complexity index is 616. The highest BCUT2D eigenvalue weighted by molar-refractivity contribution is 7.89. The molecule has 0 saturated carbocycles. The Morgan fingerprint density at radius 1 is 1.48 bits per heavy atom. The molecule has 0 aromatic heterocycles. The van der Waals surface area contributed by atoms with Crippen molar-refractivity contribution in [3.05, 3.63) is 29.3 Å². The minimum absolute atomic E-state index is 0.0823. The third-order valence-electron chi connectivity index (χ3n) is 3.44. The van der Waals surface area contributed by atoms with Crippen molar-refractivity contribution < 1.29 is 21.9 Å². The molecule has 0 spiro atoms. The van der Waals surface area contributed by atoms with Gasteiger partial charge in [-0.05, 0) is 37.5 Å². The molecule has 1 fully saturated rings. The van der Waals surface area contributed by atoms with Gasteiger partial charge >= 0.3 is 0 Å². The zero-order chi connectivity index (χ0) is 15.6. The van der Waals surface area contributed by atoms with Crippen LogP contribution >= 0.6 is 0 Å². The molecular weight excluding hydrogens is 302 g/mol. The summed E-state index contributed by atoms with van der Waals surface area (Å²) in [5, 5.41) is 0. The number of nitrogens with two attached hydrogens (primary N) is 1. The summed E-state index contributed by atoms with van der Waals surface area (Å²) < 4.78 is 59.4. The van der Waals surface area contributed by atoms with Crippen LogP contribution in [0, 0.1) is 11.6 Å². The number of hydrogen-bond donors (Lipinski definition) is 2. The number of sulfonamides is 1. The third-order valence-corrected chi connectivity index (χ3v) is 5.00. The minimum Gasteiger partial charge on any atom is -0.377 e. The van der Waals surface area contributed by atoms with Crippen molar-refractivity contribution in [2.24, 2.45) is 5.73 Å². The van der Waals surface area contributed by atoms with Crippen LogP contribution in [0.2, 0.25) is 0 Å². The van der Waals surface area contributed by atoms with Crippen LogP contribution in [0.5, 0.6) is 0 Å². The first kappa shape index (κ1) is 16.3. The summed E-state index contributed by atoms with van der Waals surface area (Å²) in [5.41, 5.74) is 5.56. The fourth-order valence-corrected chi connectivity index (χ4v) is 3.72. The number of nitrogens with one attached hydrogen (secondary N) is 1. The lowest BCUT2D eigenvalue weighted by Gasteiger charge is -2.20. The number of rotatable bonds is 5. The van der Waals surface area contributed by atoms with Gasteiger partial charge in [0.25, 0.3) is 0 Å². The first-order valence-corrected chi connectivity index (χ1v) is 8.15. The van der Waals surface area contributed by atoms with Crippen molar-refractivity contribution in [3.63, 3.8) is 0 Å². The van der Waals surface area contributed by atoms with Gasteiger partial charge in [0, 0.05) is 19.2 Å². The second-order valence-corrected chi connectivity index (χ2v) is 6.74. The van der Waals surface area contributed by atoms with E-state index in [1.165, 1.54) is 0 Å². The largest absolute Gasteiger partial charge is 0.377 e. The number of halogens is 2. The van der Waals surface area contributed by atoms with E-state index < -0.39 is 32.6 Å². The Morgan fingerprint density at radius 3 is 2.76 bits per heavy atom. The van der Waals surface area contributed by atoms with E-state index in [-0.39, 0.29) is 18.2 Å². The number of benzene rings is 1. The van der Waals surface area contributed by atoms with Gasteiger partial charge in [-0.25, -0.2) is 21.9 Å². The van der Waals surface area contributed by atoms with E-state index >= 15 is 0 Å². The molecule has 21 heavy (non-hydrogen) atoms. The molecule has 0 radical (unpaired) electrons. The van der Waals surface area contributed by atoms with Crippen molar-refractivity contribution in [2.75, 3.05) is 6.61 Å². The molecule has 1 aromatic rings. The van der Waals surface area contributed by atoms with Crippen LogP contribution in [0.15, 0.2) is 17.0 Å². The van der Waals surface area contributed by atoms with E-state index in [4.69, 9.17) is 10.5 Å². The molecule has 0 amide bonds. The lowest BCUT2D eigenvalue weighted by molar-refractivity contribution is 0.0902. The van der Waals surface area contributed by atoms with Crippen LogP contribution in [0.4, 0.5) is 8.78 Å². The highest BCUT2D eigenvalue weighted by Crippen LogP contribution is 2.22. The molecule has 0 bridgehead atoms. The Balaban J connectivity index is 2.28. The lowest BCUT2D eigenvalue weighted by atomic mass is 10.1. The fourth-order valence-electron chi connectivity index (χ4n) is 2.31. The molecule has 1 aromatic carbocycles. The molecule has 8 heteroatoms. The van der Waals surface area contributed by atoms with Gasteiger partial charge in [0.15, 0.2) is 11.6 Å². The van der Waals surface area contributed by atoms with Gasteiger partial charge in [0.2, 0.25) is 10.0 Å². The predicted molar refractivity (Wildman–Crippen MR) is 73.0 cm³/mol. The summed E-state index contributed by atoms with van der Waals surface area (Å²) >= 11 is 0. The Hall–Kier alpha value is -1.09. The van der Waals surface area contributed by atoms with E-state index in [0.29, 0.717) is 6.61 Å².